The predicted molar refractivity (Wildman–Crippen MR) is 148 cm³/mol. The van der Waals surface area contributed by atoms with Crippen molar-refractivity contribution in [1.82, 2.24) is 14.5 Å². The van der Waals surface area contributed by atoms with E-state index in [4.69, 9.17) is 16.3 Å². The molecule has 3 aromatic rings. The molecule has 0 unspecified atom stereocenters. The molecule has 1 amide bonds. The van der Waals surface area contributed by atoms with Crippen LogP contribution in [0.15, 0.2) is 53.6 Å². The van der Waals surface area contributed by atoms with Crippen LogP contribution in [0.4, 0.5) is 5.69 Å². The van der Waals surface area contributed by atoms with E-state index in [1.165, 1.54) is 17.2 Å². The van der Waals surface area contributed by atoms with E-state index in [-0.39, 0.29) is 16.7 Å². The van der Waals surface area contributed by atoms with Crippen LogP contribution in [0.25, 0.3) is 0 Å². The van der Waals surface area contributed by atoms with Crippen LogP contribution in [0, 0.1) is 11.8 Å². The summed E-state index contributed by atoms with van der Waals surface area (Å²) < 4.78 is 37.2. The molecule has 1 saturated carbocycles. The number of carbonyl (C=O) groups is 1. The number of benzene rings is 2. The Morgan fingerprint density at radius 3 is 2.77 bits per heavy atom. The number of fused-ring (bicyclic) bond motifs is 6. The molecule has 2 aromatic carbocycles. The second-order valence-corrected chi connectivity index (χ2v) is 13.7. The topological polar surface area (TPSA) is 93.5 Å². The summed E-state index contributed by atoms with van der Waals surface area (Å²) in [5.41, 5.74) is 3.64. The summed E-state index contributed by atoms with van der Waals surface area (Å²) in [4.78, 5) is 15.1. The van der Waals surface area contributed by atoms with Gasteiger partial charge in [-0.05, 0) is 91.5 Å². The van der Waals surface area contributed by atoms with Crippen molar-refractivity contribution >= 4 is 33.2 Å². The zero-order valence-corrected chi connectivity index (χ0v) is 23.2. The normalized spacial score (nSPS) is 27.5. The van der Waals surface area contributed by atoms with Crippen LogP contribution in [0.1, 0.15) is 42.5 Å². The van der Waals surface area contributed by atoms with Crippen molar-refractivity contribution < 1.29 is 17.9 Å². The summed E-state index contributed by atoms with van der Waals surface area (Å²) in [5, 5.41) is 5.31. The molecule has 8 nitrogen and oxygen atoms in total. The van der Waals surface area contributed by atoms with E-state index in [1.807, 2.05) is 16.9 Å². The fourth-order valence-corrected chi connectivity index (χ4v) is 8.11. The van der Waals surface area contributed by atoms with Gasteiger partial charge in [0.05, 0.1) is 29.3 Å². The molecular weight excluding hydrogens is 536 g/mol. The van der Waals surface area contributed by atoms with Gasteiger partial charge in [-0.3, -0.25) is 9.48 Å². The Hall–Kier alpha value is -3.04. The Balaban J connectivity index is 1.33. The van der Waals surface area contributed by atoms with E-state index < -0.39 is 15.9 Å². The quantitative estimate of drug-likeness (QED) is 0.440. The minimum atomic E-state index is -4.07. The average Bonchev–Trinajstić information content (AvgIpc) is 3.27. The number of carbonyl (C=O) groups excluding carboxylic acids is 1. The molecule has 1 spiro atoms. The van der Waals surface area contributed by atoms with Crippen LogP contribution in [0.5, 0.6) is 5.75 Å². The maximum absolute atomic E-state index is 13.3. The number of halogens is 1. The molecule has 7 rings (SSSR count). The Kier molecular flexibility index (Phi) is 5.93. The first-order valence-corrected chi connectivity index (χ1v) is 15.5. The highest BCUT2D eigenvalue weighted by Crippen LogP contribution is 2.46. The number of amides is 1. The number of ether oxygens (including phenoxy) is 1. The zero-order valence-electron chi connectivity index (χ0n) is 21.6. The standard InChI is InChI=1S/C29H31ClN4O4S/c30-22-5-7-25-19(12-22)2-1-10-29(25)17-33-15-20-3-4-21(20)16-34-11-9-23(31-34)13-28(35)32-39(36,37)24-6-8-27(38-18-29)26(33)14-24/h5-9,11-12,14,20-21H,1-4,10,13,15-18H2,(H,32,35)/t20-,21-,29-/m0/s1. The zero-order chi connectivity index (χ0) is 26.8. The van der Waals surface area contributed by atoms with E-state index in [9.17, 15) is 13.2 Å². The first-order valence-electron chi connectivity index (χ1n) is 13.7. The van der Waals surface area contributed by atoms with Crippen molar-refractivity contribution in [2.24, 2.45) is 11.8 Å². The van der Waals surface area contributed by atoms with Gasteiger partial charge in [-0.1, -0.05) is 17.7 Å². The van der Waals surface area contributed by atoms with Crippen LogP contribution in [0.3, 0.4) is 0 Å². The van der Waals surface area contributed by atoms with E-state index in [2.05, 4.69) is 26.9 Å². The summed E-state index contributed by atoms with van der Waals surface area (Å²) >= 11 is 6.37. The third-order valence-electron chi connectivity index (χ3n) is 9.06. The Labute approximate surface area is 233 Å². The Morgan fingerprint density at radius 1 is 1.08 bits per heavy atom. The molecule has 3 atom stereocenters. The summed E-state index contributed by atoms with van der Waals surface area (Å²) in [7, 11) is -4.07. The smallest absolute Gasteiger partial charge is 0.264 e. The van der Waals surface area contributed by atoms with Gasteiger partial charge in [0.1, 0.15) is 5.75 Å². The molecule has 204 valence electrons. The van der Waals surface area contributed by atoms with Crippen molar-refractivity contribution in [3.05, 3.63) is 70.5 Å². The SMILES string of the molecule is O=C1Cc2ccn(n2)C[C@@H]2CC[C@H]2CN2C[C@@]3(CCCc4cc(Cl)ccc43)COc3ccc(cc32)S(=O)(=O)N1. The minimum absolute atomic E-state index is 0.0561. The van der Waals surface area contributed by atoms with E-state index in [1.54, 1.807) is 18.2 Å². The number of aryl methyl sites for hydroxylation is 1. The van der Waals surface area contributed by atoms with Gasteiger partial charge in [-0.15, -0.1) is 0 Å². The van der Waals surface area contributed by atoms with E-state index in [0.717, 1.165) is 62.4 Å². The van der Waals surface area contributed by atoms with Crippen molar-refractivity contribution in [3.8, 4) is 5.75 Å². The molecule has 39 heavy (non-hydrogen) atoms. The second kappa shape index (κ2) is 9.27. The molecule has 4 bridgehead atoms. The highest BCUT2D eigenvalue weighted by molar-refractivity contribution is 7.90. The number of nitrogens with one attached hydrogen (secondary N) is 1. The molecule has 4 aliphatic rings. The van der Waals surface area contributed by atoms with Crippen LogP contribution in [-0.2, 0) is 39.6 Å². The van der Waals surface area contributed by atoms with Gasteiger partial charge < -0.3 is 9.64 Å². The fourth-order valence-electron chi connectivity index (χ4n) is 6.91. The van der Waals surface area contributed by atoms with Crippen molar-refractivity contribution in [2.75, 3.05) is 24.6 Å². The van der Waals surface area contributed by atoms with Gasteiger partial charge in [0, 0.05) is 36.3 Å². The number of hydrogen-bond acceptors (Lipinski definition) is 6. The van der Waals surface area contributed by atoms with Crippen LogP contribution in [0.2, 0.25) is 5.02 Å². The van der Waals surface area contributed by atoms with Gasteiger partial charge in [0.15, 0.2) is 0 Å². The van der Waals surface area contributed by atoms with Gasteiger partial charge in [-0.2, -0.15) is 5.10 Å². The van der Waals surface area contributed by atoms with E-state index in [0.29, 0.717) is 29.9 Å². The molecule has 0 radical (unpaired) electrons. The number of sulfonamides is 1. The number of rotatable bonds is 0. The third-order valence-corrected chi connectivity index (χ3v) is 10.7. The van der Waals surface area contributed by atoms with Crippen molar-refractivity contribution in [3.63, 3.8) is 0 Å². The number of anilines is 1. The molecular formula is C29H31ClN4O4S. The molecule has 0 saturated heterocycles. The monoisotopic (exact) mass is 566 g/mol. The lowest BCUT2D eigenvalue weighted by molar-refractivity contribution is -0.118. The van der Waals surface area contributed by atoms with Gasteiger partial charge in [0.25, 0.3) is 10.0 Å². The largest absolute Gasteiger partial charge is 0.490 e. The van der Waals surface area contributed by atoms with Crippen LogP contribution in [-0.4, -0.2) is 43.8 Å². The van der Waals surface area contributed by atoms with Gasteiger partial charge in [-0.25, -0.2) is 13.1 Å². The summed E-state index contributed by atoms with van der Waals surface area (Å²) in [6.07, 6.45) is 7.05. The second-order valence-electron chi connectivity index (χ2n) is 11.6. The average molecular weight is 567 g/mol. The number of aromatic nitrogens is 2. The maximum Gasteiger partial charge on any atom is 0.264 e. The van der Waals surface area contributed by atoms with Crippen LogP contribution >= 0.6 is 11.6 Å². The predicted octanol–water partition coefficient (Wildman–Crippen LogP) is 4.10. The first-order chi connectivity index (χ1) is 18.8. The molecule has 3 heterocycles. The first kappa shape index (κ1) is 25.0. The number of nitrogens with zero attached hydrogens (tertiary/aromatic N) is 3. The lowest BCUT2D eigenvalue weighted by Crippen LogP contribution is -2.48. The van der Waals surface area contributed by atoms with Crippen molar-refractivity contribution in [2.45, 2.75) is 55.4 Å². The third kappa shape index (κ3) is 4.49. The summed E-state index contributed by atoms with van der Waals surface area (Å²) in [5.74, 6) is 0.981. The number of hydrogen-bond donors (Lipinski definition) is 1. The molecule has 2 aliphatic heterocycles. The summed E-state index contributed by atoms with van der Waals surface area (Å²) in [6, 6.07) is 12.9. The lowest BCUT2D eigenvalue weighted by atomic mass is 9.69. The molecule has 10 heteroatoms. The highest BCUT2D eigenvalue weighted by atomic mass is 35.5. The van der Waals surface area contributed by atoms with Crippen molar-refractivity contribution in [1.29, 1.82) is 0 Å². The fraction of sp³-hybridized carbons (Fsp3) is 0.448. The van der Waals surface area contributed by atoms with Gasteiger partial charge >= 0.3 is 0 Å². The van der Waals surface area contributed by atoms with Crippen LogP contribution < -0.4 is 14.4 Å². The molecule has 1 fully saturated rings. The van der Waals surface area contributed by atoms with E-state index >= 15 is 0 Å². The Morgan fingerprint density at radius 2 is 1.92 bits per heavy atom. The molecule has 1 N–H and O–H groups in total. The summed E-state index contributed by atoms with van der Waals surface area (Å²) in [6.45, 7) is 2.82. The molecule has 2 aliphatic carbocycles. The highest BCUT2D eigenvalue weighted by Gasteiger charge is 2.43. The lowest BCUT2D eigenvalue weighted by Gasteiger charge is -2.44. The maximum atomic E-state index is 13.3. The molecule has 1 aromatic heterocycles. The Bertz CT molecular complexity index is 1570. The van der Waals surface area contributed by atoms with Gasteiger partial charge in [0.2, 0.25) is 5.91 Å². The minimum Gasteiger partial charge on any atom is -0.490 e.